The van der Waals surface area contributed by atoms with Crippen LogP contribution < -0.4 is 0 Å². The number of hydrogen-bond donors (Lipinski definition) is 0. The summed E-state index contributed by atoms with van der Waals surface area (Å²) < 4.78 is 6.17. The van der Waals surface area contributed by atoms with Gasteiger partial charge in [-0.15, -0.1) is 0 Å². The van der Waals surface area contributed by atoms with E-state index in [0.717, 1.165) is 32.1 Å². The van der Waals surface area contributed by atoms with E-state index < -0.39 is 0 Å². The van der Waals surface area contributed by atoms with Gasteiger partial charge in [0, 0.05) is 5.41 Å². The summed E-state index contributed by atoms with van der Waals surface area (Å²) in [7, 11) is 0. The van der Waals surface area contributed by atoms with Gasteiger partial charge in [-0.05, 0) is 73.5 Å². The van der Waals surface area contributed by atoms with Crippen LogP contribution in [-0.2, 0) is 23.2 Å². The van der Waals surface area contributed by atoms with Gasteiger partial charge < -0.3 is 9.64 Å². The Bertz CT molecular complexity index is 962. The molecule has 1 unspecified atom stereocenters. The van der Waals surface area contributed by atoms with Crippen molar-refractivity contribution in [2.45, 2.75) is 37.7 Å². The second kappa shape index (κ2) is 9.38. The van der Waals surface area contributed by atoms with E-state index in [4.69, 9.17) is 4.74 Å². The number of fused-ring (bicyclic) bond motifs is 1. The van der Waals surface area contributed by atoms with Crippen molar-refractivity contribution in [3.05, 3.63) is 107 Å². The molecule has 1 atom stereocenters. The molecule has 0 amide bonds. The van der Waals surface area contributed by atoms with Gasteiger partial charge in [0.05, 0.1) is 13.2 Å². The average molecular weight is 412 g/mol. The smallest absolute Gasteiger partial charge is 0.0720 e. The molecule has 2 nitrogen and oxygen atoms in total. The maximum absolute atomic E-state index is 6.17. The van der Waals surface area contributed by atoms with E-state index in [9.17, 15) is 0 Å². The van der Waals surface area contributed by atoms with E-state index in [2.05, 4.69) is 89.8 Å². The van der Waals surface area contributed by atoms with Crippen molar-refractivity contribution >= 4 is 0 Å². The lowest BCUT2D eigenvalue weighted by atomic mass is 9.70. The third-order valence-corrected chi connectivity index (χ3v) is 7.39. The minimum Gasteiger partial charge on any atom is -0.375 e. The first-order chi connectivity index (χ1) is 15.3. The molecule has 0 aliphatic carbocycles. The lowest BCUT2D eigenvalue weighted by Crippen LogP contribution is -2.43. The molecule has 0 saturated carbocycles. The number of piperidine rings is 1. The Morgan fingerprint density at radius 2 is 1.48 bits per heavy atom. The van der Waals surface area contributed by atoms with Crippen LogP contribution in [0.3, 0.4) is 0 Å². The number of hydrogen-bond acceptors (Lipinski definition) is 2. The molecule has 0 spiro atoms. The van der Waals surface area contributed by atoms with Crippen LogP contribution in [0.25, 0.3) is 0 Å². The zero-order valence-corrected chi connectivity index (χ0v) is 18.4. The first kappa shape index (κ1) is 20.5. The molecule has 2 aliphatic rings. The lowest BCUT2D eigenvalue weighted by molar-refractivity contribution is 0.0553. The quantitative estimate of drug-likeness (QED) is 0.505. The van der Waals surface area contributed by atoms with Crippen LogP contribution >= 0.6 is 0 Å². The number of rotatable bonds is 6. The number of likely N-dealkylation sites (tertiary alicyclic amines) is 1. The van der Waals surface area contributed by atoms with Crippen molar-refractivity contribution in [1.29, 1.82) is 0 Å². The summed E-state index contributed by atoms with van der Waals surface area (Å²) in [5.74, 6) is 0.820. The standard InChI is InChI=1S/C29H33NO/c1-3-9-24(10-4-1)21-25-15-18-30(19-16-25)20-17-29(27-12-5-2-6-13-27)23-31-22-26-11-7-8-14-28(26)29/h1-14,25H,15-23H2. The van der Waals surface area contributed by atoms with Crippen LogP contribution in [-0.4, -0.2) is 31.1 Å². The highest BCUT2D eigenvalue weighted by atomic mass is 16.5. The Morgan fingerprint density at radius 1 is 0.806 bits per heavy atom. The van der Waals surface area contributed by atoms with Gasteiger partial charge in [0.25, 0.3) is 0 Å². The largest absolute Gasteiger partial charge is 0.375 e. The maximum Gasteiger partial charge on any atom is 0.0720 e. The van der Waals surface area contributed by atoms with Gasteiger partial charge >= 0.3 is 0 Å². The highest BCUT2D eigenvalue weighted by molar-refractivity contribution is 5.45. The second-order valence-electron chi connectivity index (χ2n) is 9.32. The third-order valence-electron chi connectivity index (χ3n) is 7.39. The van der Waals surface area contributed by atoms with Crippen molar-refractivity contribution in [2.75, 3.05) is 26.2 Å². The Morgan fingerprint density at radius 3 is 2.26 bits per heavy atom. The van der Waals surface area contributed by atoms with Crippen LogP contribution in [0.5, 0.6) is 0 Å². The van der Waals surface area contributed by atoms with E-state index in [1.165, 1.54) is 54.6 Å². The highest BCUT2D eigenvalue weighted by Crippen LogP contribution is 2.41. The minimum atomic E-state index is -0.0447. The number of nitrogens with zero attached hydrogens (tertiary/aromatic N) is 1. The fourth-order valence-corrected chi connectivity index (χ4v) is 5.58. The average Bonchev–Trinajstić information content (AvgIpc) is 2.85. The van der Waals surface area contributed by atoms with E-state index in [-0.39, 0.29) is 5.41 Å². The fourth-order valence-electron chi connectivity index (χ4n) is 5.58. The summed E-state index contributed by atoms with van der Waals surface area (Å²) in [6, 6.07) is 30.9. The van der Waals surface area contributed by atoms with Gasteiger partial charge in [-0.25, -0.2) is 0 Å². The molecule has 0 radical (unpaired) electrons. The first-order valence-electron chi connectivity index (χ1n) is 11.8. The van der Waals surface area contributed by atoms with Crippen molar-refractivity contribution in [3.8, 4) is 0 Å². The molecular formula is C29H33NO. The molecule has 160 valence electrons. The summed E-state index contributed by atoms with van der Waals surface area (Å²) in [6.07, 6.45) is 4.95. The molecule has 0 aromatic heterocycles. The van der Waals surface area contributed by atoms with Gasteiger partial charge in [-0.2, -0.15) is 0 Å². The molecule has 2 heterocycles. The molecule has 0 bridgehead atoms. The van der Waals surface area contributed by atoms with Crippen LogP contribution in [0.1, 0.15) is 41.5 Å². The summed E-state index contributed by atoms with van der Waals surface area (Å²) in [4.78, 5) is 2.68. The van der Waals surface area contributed by atoms with Gasteiger partial charge in [-0.3, -0.25) is 0 Å². The molecule has 1 fully saturated rings. The summed E-state index contributed by atoms with van der Waals surface area (Å²) >= 11 is 0. The minimum absolute atomic E-state index is 0.0447. The molecule has 1 saturated heterocycles. The van der Waals surface area contributed by atoms with Gasteiger partial charge in [0.15, 0.2) is 0 Å². The van der Waals surface area contributed by atoms with Crippen molar-refractivity contribution in [2.24, 2.45) is 5.92 Å². The van der Waals surface area contributed by atoms with Crippen LogP contribution in [0.2, 0.25) is 0 Å². The number of benzene rings is 3. The van der Waals surface area contributed by atoms with Crippen molar-refractivity contribution < 1.29 is 4.74 Å². The molecule has 31 heavy (non-hydrogen) atoms. The van der Waals surface area contributed by atoms with Crippen molar-refractivity contribution in [3.63, 3.8) is 0 Å². The Hall–Kier alpha value is -2.42. The Kier molecular flexibility index (Phi) is 6.20. The lowest BCUT2D eigenvalue weighted by Gasteiger charge is -2.42. The monoisotopic (exact) mass is 411 g/mol. The van der Waals surface area contributed by atoms with Gasteiger partial charge in [-0.1, -0.05) is 84.9 Å². The Labute approximate surface area is 186 Å². The maximum atomic E-state index is 6.17. The van der Waals surface area contributed by atoms with E-state index in [0.29, 0.717) is 0 Å². The molecule has 5 rings (SSSR count). The summed E-state index contributed by atoms with van der Waals surface area (Å²) in [5.41, 5.74) is 5.64. The zero-order valence-electron chi connectivity index (χ0n) is 18.4. The molecule has 2 heteroatoms. The molecule has 2 aliphatic heterocycles. The normalized spacial score (nSPS) is 22.2. The third kappa shape index (κ3) is 4.46. The zero-order chi connectivity index (χ0) is 20.9. The fraction of sp³-hybridized carbons (Fsp3) is 0.379. The highest BCUT2D eigenvalue weighted by Gasteiger charge is 2.39. The predicted octanol–water partition coefficient (Wildman–Crippen LogP) is 5.85. The van der Waals surface area contributed by atoms with Crippen LogP contribution in [0, 0.1) is 5.92 Å². The van der Waals surface area contributed by atoms with Crippen LogP contribution in [0.4, 0.5) is 0 Å². The van der Waals surface area contributed by atoms with E-state index >= 15 is 0 Å². The van der Waals surface area contributed by atoms with Crippen LogP contribution in [0.15, 0.2) is 84.9 Å². The molecule has 0 N–H and O–H groups in total. The molecule has 3 aromatic carbocycles. The molecular weight excluding hydrogens is 378 g/mol. The molecule has 3 aromatic rings. The Balaban J connectivity index is 1.28. The predicted molar refractivity (Wildman–Crippen MR) is 127 cm³/mol. The summed E-state index contributed by atoms with van der Waals surface area (Å²) in [5, 5.41) is 0. The summed E-state index contributed by atoms with van der Waals surface area (Å²) in [6.45, 7) is 5.06. The van der Waals surface area contributed by atoms with Crippen molar-refractivity contribution in [1.82, 2.24) is 4.90 Å². The van der Waals surface area contributed by atoms with Gasteiger partial charge in [0.1, 0.15) is 0 Å². The topological polar surface area (TPSA) is 12.5 Å². The SMILES string of the molecule is c1ccc(CC2CCN(CCC3(c4ccccc4)COCc4ccccc43)CC2)cc1. The number of ether oxygens (including phenoxy) is 1. The second-order valence-corrected chi connectivity index (χ2v) is 9.32. The van der Waals surface area contributed by atoms with Gasteiger partial charge in [0.2, 0.25) is 0 Å². The van der Waals surface area contributed by atoms with E-state index in [1.54, 1.807) is 0 Å². The first-order valence-corrected chi connectivity index (χ1v) is 11.8. The van der Waals surface area contributed by atoms with E-state index in [1.807, 2.05) is 0 Å².